The van der Waals surface area contributed by atoms with Crippen molar-refractivity contribution in [1.29, 1.82) is 0 Å². The molecule has 8 N–H and O–H groups in total. The summed E-state index contributed by atoms with van der Waals surface area (Å²) in [5, 5.41) is 34.0. The summed E-state index contributed by atoms with van der Waals surface area (Å²) in [7, 11) is 1.92. The van der Waals surface area contributed by atoms with Crippen LogP contribution in [0.15, 0.2) is 4.99 Å². The Hall–Kier alpha value is -1.11. The van der Waals surface area contributed by atoms with E-state index >= 15 is 0 Å². The molecule has 0 aromatic rings. The highest BCUT2D eigenvalue weighted by Crippen LogP contribution is 2.31. The highest BCUT2D eigenvalue weighted by Gasteiger charge is 2.48. The van der Waals surface area contributed by atoms with Gasteiger partial charge in [-0.25, -0.2) is 4.99 Å². The Balaban J connectivity index is 2.23. The maximum atomic E-state index is 13.1. The van der Waals surface area contributed by atoms with Crippen molar-refractivity contribution >= 4 is 23.6 Å². The van der Waals surface area contributed by atoms with Crippen molar-refractivity contribution in [1.82, 2.24) is 10.2 Å². The van der Waals surface area contributed by atoms with Gasteiger partial charge >= 0.3 is 0 Å². The van der Waals surface area contributed by atoms with E-state index in [4.69, 9.17) is 16.2 Å². The van der Waals surface area contributed by atoms with Crippen molar-refractivity contribution < 1.29 is 24.9 Å². The van der Waals surface area contributed by atoms with Crippen LogP contribution in [0.1, 0.15) is 33.1 Å². The molecule has 0 aliphatic carbocycles. The number of carbonyl (C=O) groups excluding carboxylic acids is 1. The number of likely N-dealkylation sites (N-methyl/N-ethyl adjacent to an activating group) is 1. The van der Waals surface area contributed by atoms with E-state index in [1.807, 2.05) is 11.9 Å². The standard InChI is InChI=1S/C19H37N5O5S/c1-5-6-10-7-11(24(3)8-10)17(28)23-12(9(2)22-19(20)21)16-14(26)13(25)15(27)18(29-16)30-4/h9-16,18,25-27H,5-8H2,1-4H3,(H,23,28)(H4,20,21,22)/t9-,10+,11-,12+,13?,14?,15?,16?,18?/m0/s1. The fourth-order valence-electron chi connectivity index (χ4n) is 4.45. The summed E-state index contributed by atoms with van der Waals surface area (Å²) in [5.74, 6) is 0.101. The molecule has 2 fully saturated rings. The lowest BCUT2D eigenvalue weighted by atomic mass is 9.91. The molecule has 0 bridgehead atoms. The highest BCUT2D eigenvalue weighted by molar-refractivity contribution is 7.99. The van der Waals surface area contributed by atoms with Gasteiger partial charge in [-0.15, -0.1) is 11.8 Å². The van der Waals surface area contributed by atoms with Gasteiger partial charge in [0.25, 0.3) is 0 Å². The number of aliphatic imine (C=N–C) groups is 1. The van der Waals surface area contributed by atoms with Crippen molar-refractivity contribution in [2.75, 3.05) is 19.8 Å². The summed E-state index contributed by atoms with van der Waals surface area (Å²) < 4.78 is 5.87. The molecule has 10 nitrogen and oxygen atoms in total. The van der Waals surface area contributed by atoms with Crippen molar-refractivity contribution in [2.45, 2.75) is 81.1 Å². The number of hydrogen-bond donors (Lipinski definition) is 6. The molecule has 2 heterocycles. The number of aliphatic hydroxyl groups is 3. The Morgan fingerprint density at radius 3 is 2.53 bits per heavy atom. The van der Waals surface area contributed by atoms with Crippen molar-refractivity contribution in [3.05, 3.63) is 0 Å². The van der Waals surface area contributed by atoms with E-state index in [0.717, 1.165) is 25.8 Å². The van der Waals surface area contributed by atoms with Gasteiger partial charge in [-0.3, -0.25) is 9.69 Å². The van der Waals surface area contributed by atoms with Gasteiger partial charge in [0.15, 0.2) is 5.96 Å². The van der Waals surface area contributed by atoms with Crippen LogP contribution in [0, 0.1) is 5.92 Å². The van der Waals surface area contributed by atoms with E-state index in [0.29, 0.717) is 5.92 Å². The van der Waals surface area contributed by atoms with Crippen molar-refractivity contribution in [2.24, 2.45) is 22.4 Å². The fraction of sp³-hybridized carbons (Fsp3) is 0.895. The lowest BCUT2D eigenvalue weighted by molar-refractivity contribution is -0.206. The number of amides is 1. The zero-order chi connectivity index (χ0) is 22.6. The third-order valence-corrected chi connectivity index (χ3v) is 6.86. The number of nitrogens with zero attached hydrogens (tertiary/aromatic N) is 2. The SMILES string of the molecule is CCC[C@@H]1C[C@@H](C(=O)N[C@@H](C2OC(SC)C(O)C(O)C2O)[C@H](C)N=C(N)N)N(C)C1. The number of thioether (sulfide) groups is 1. The van der Waals surface area contributed by atoms with Crippen molar-refractivity contribution in [3.63, 3.8) is 0 Å². The smallest absolute Gasteiger partial charge is 0.237 e. The molecule has 0 radical (unpaired) electrons. The quantitative estimate of drug-likeness (QED) is 0.190. The van der Waals surface area contributed by atoms with Gasteiger partial charge < -0.3 is 36.8 Å². The molecule has 2 aliphatic rings. The molecule has 2 rings (SSSR count). The second-order valence-corrected chi connectivity index (χ2v) is 9.29. The molecule has 0 saturated carbocycles. The van der Waals surface area contributed by atoms with Gasteiger partial charge in [-0.05, 0) is 39.0 Å². The number of guanidine groups is 1. The lowest BCUT2D eigenvalue weighted by Crippen LogP contribution is -2.65. The largest absolute Gasteiger partial charge is 0.388 e. The van der Waals surface area contributed by atoms with Gasteiger partial charge in [0.2, 0.25) is 5.91 Å². The second-order valence-electron chi connectivity index (χ2n) is 8.35. The van der Waals surface area contributed by atoms with Crippen molar-refractivity contribution in [3.8, 4) is 0 Å². The Morgan fingerprint density at radius 1 is 1.30 bits per heavy atom. The number of aliphatic hydroxyl groups excluding tert-OH is 3. The van der Waals surface area contributed by atoms with Gasteiger partial charge in [-0.1, -0.05) is 13.3 Å². The first-order chi connectivity index (χ1) is 14.1. The van der Waals surface area contributed by atoms with E-state index in [1.54, 1.807) is 13.2 Å². The predicted molar refractivity (Wildman–Crippen MR) is 117 cm³/mol. The molecule has 30 heavy (non-hydrogen) atoms. The molecule has 2 aliphatic heterocycles. The van der Waals surface area contributed by atoms with E-state index in [-0.39, 0.29) is 17.9 Å². The van der Waals surface area contributed by atoms with Gasteiger partial charge in [0.1, 0.15) is 29.9 Å². The summed E-state index contributed by atoms with van der Waals surface area (Å²) in [6, 6.07) is -1.73. The number of likely N-dealkylation sites (tertiary alicyclic amines) is 1. The maximum absolute atomic E-state index is 13.1. The Bertz CT molecular complexity index is 606. The summed E-state index contributed by atoms with van der Waals surface area (Å²) in [4.78, 5) is 19.3. The highest BCUT2D eigenvalue weighted by atomic mass is 32.2. The van der Waals surface area contributed by atoms with Crippen LogP contribution in [0.25, 0.3) is 0 Å². The third-order valence-electron chi connectivity index (χ3n) is 6.01. The zero-order valence-electron chi connectivity index (χ0n) is 18.1. The minimum Gasteiger partial charge on any atom is -0.388 e. The minimum absolute atomic E-state index is 0.157. The lowest BCUT2D eigenvalue weighted by Gasteiger charge is -2.44. The van der Waals surface area contributed by atoms with Crippen LogP contribution in [0.3, 0.4) is 0 Å². The number of ether oxygens (including phenoxy) is 1. The predicted octanol–water partition coefficient (Wildman–Crippen LogP) is -1.58. The van der Waals surface area contributed by atoms with Crippen LogP contribution in [0.5, 0.6) is 0 Å². The Kier molecular flexibility index (Phi) is 9.19. The first kappa shape index (κ1) is 25.2. The first-order valence-corrected chi connectivity index (χ1v) is 11.7. The first-order valence-electron chi connectivity index (χ1n) is 10.4. The van der Waals surface area contributed by atoms with Crippen LogP contribution in [-0.4, -0.2) is 99.9 Å². The average Bonchev–Trinajstić information content (AvgIpc) is 3.05. The molecule has 0 spiro atoms. The van der Waals surface area contributed by atoms with Crippen LogP contribution in [0.2, 0.25) is 0 Å². The second kappa shape index (κ2) is 11.0. The molecule has 9 atom stereocenters. The molecule has 5 unspecified atom stereocenters. The molecular formula is C19H37N5O5S. The summed E-state index contributed by atoms with van der Waals surface area (Å²) in [6.45, 7) is 4.68. The average molecular weight is 448 g/mol. The van der Waals surface area contributed by atoms with Gasteiger partial charge in [-0.2, -0.15) is 0 Å². The van der Waals surface area contributed by atoms with E-state index in [2.05, 4.69) is 17.2 Å². The zero-order valence-corrected chi connectivity index (χ0v) is 19.0. The minimum atomic E-state index is -1.42. The summed E-state index contributed by atoms with van der Waals surface area (Å²) >= 11 is 1.21. The normalized spacial score (nSPS) is 36.8. The third kappa shape index (κ3) is 5.77. The number of nitrogens with one attached hydrogen (secondary N) is 1. The molecule has 0 aromatic heterocycles. The number of rotatable bonds is 8. The summed E-state index contributed by atoms with van der Waals surface area (Å²) in [5.41, 5.74) is 10.3. The van der Waals surface area contributed by atoms with Crippen LogP contribution < -0.4 is 16.8 Å². The molecular weight excluding hydrogens is 410 g/mol. The maximum Gasteiger partial charge on any atom is 0.237 e. The van der Waals surface area contributed by atoms with Crippen LogP contribution in [-0.2, 0) is 9.53 Å². The van der Waals surface area contributed by atoms with E-state index in [9.17, 15) is 20.1 Å². The molecule has 1 amide bonds. The van der Waals surface area contributed by atoms with Crippen LogP contribution >= 0.6 is 11.8 Å². The molecule has 174 valence electrons. The molecule has 2 saturated heterocycles. The number of hydrogen-bond acceptors (Lipinski definition) is 8. The van der Waals surface area contributed by atoms with Gasteiger partial charge in [0.05, 0.1) is 18.1 Å². The Labute approximate surface area is 182 Å². The Morgan fingerprint density at radius 2 is 1.97 bits per heavy atom. The number of nitrogens with two attached hydrogens (primary N) is 2. The van der Waals surface area contributed by atoms with Gasteiger partial charge in [0, 0.05) is 6.54 Å². The molecule has 11 heteroatoms. The molecule has 0 aromatic carbocycles. The van der Waals surface area contributed by atoms with Crippen LogP contribution in [0.4, 0.5) is 0 Å². The van der Waals surface area contributed by atoms with E-state index in [1.165, 1.54) is 11.8 Å². The topological polar surface area (TPSA) is 167 Å². The summed E-state index contributed by atoms with van der Waals surface area (Å²) in [6.07, 6.45) is -0.486. The van der Waals surface area contributed by atoms with E-state index < -0.39 is 41.9 Å². The fourth-order valence-corrected chi connectivity index (χ4v) is 5.13. The monoisotopic (exact) mass is 447 g/mol. The number of carbonyl (C=O) groups is 1.